The molecule has 0 fully saturated rings. The highest BCUT2D eigenvalue weighted by atomic mass is 19.4. The zero-order valence-electron chi connectivity index (χ0n) is 7.99. The Kier molecular flexibility index (Phi) is 2.37. The average molecular weight is 254 g/mol. The first-order valence-electron chi connectivity index (χ1n) is 4.35. The van der Waals surface area contributed by atoms with Crippen molar-refractivity contribution in [1.82, 2.24) is 0 Å². The van der Waals surface area contributed by atoms with Crippen LogP contribution in [-0.4, -0.2) is 0 Å². The van der Waals surface area contributed by atoms with Gasteiger partial charge >= 0.3 is 12.4 Å². The molecule has 0 amide bonds. The predicted molar refractivity (Wildman–Crippen MR) is 46.2 cm³/mol. The van der Waals surface area contributed by atoms with Gasteiger partial charge in [0.15, 0.2) is 0 Å². The van der Waals surface area contributed by atoms with Gasteiger partial charge in [-0.05, 0) is 18.2 Å². The maximum absolute atomic E-state index is 12.4. The molecule has 1 aromatic carbocycles. The first-order valence-corrected chi connectivity index (χ1v) is 4.35. The quantitative estimate of drug-likeness (QED) is 0.632. The summed E-state index contributed by atoms with van der Waals surface area (Å²) in [5, 5.41) is -0.384. The Morgan fingerprint density at radius 3 is 2.06 bits per heavy atom. The lowest BCUT2D eigenvalue weighted by Crippen LogP contribution is -2.05. The summed E-state index contributed by atoms with van der Waals surface area (Å²) >= 11 is 0. The second kappa shape index (κ2) is 3.41. The number of furan rings is 1. The number of rotatable bonds is 0. The van der Waals surface area contributed by atoms with Crippen molar-refractivity contribution < 1.29 is 30.8 Å². The molecule has 0 bridgehead atoms. The van der Waals surface area contributed by atoms with Gasteiger partial charge in [-0.2, -0.15) is 26.3 Å². The summed E-state index contributed by atoms with van der Waals surface area (Å²) in [4.78, 5) is 0. The number of hydrogen-bond donors (Lipinski definition) is 0. The fourth-order valence-corrected chi connectivity index (χ4v) is 1.42. The van der Waals surface area contributed by atoms with Gasteiger partial charge in [0.1, 0.15) is 17.4 Å². The number of hydrogen-bond acceptors (Lipinski definition) is 1. The molecule has 2 rings (SSSR count). The smallest absolute Gasteiger partial charge is 0.420 e. The third-order valence-electron chi connectivity index (χ3n) is 2.21. The fourth-order valence-electron chi connectivity index (χ4n) is 1.42. The Hall–Kier alpha value is -1.66. The van der Waals surface area contributed by atoms with Gasteiger partial charge in [0.05, 0.1) is 5.56 Å². The van der Waals surface area contributed by atoms with E-state index >= 15 is 0 Å². The van der Waals surface area contributed by atoms with E-state index in [1.165, 1.54) is 0 Å². The van der Waals surface area contributed by atoms with Crippen molar-refractivity contribution >= 4 is 11.0 Å². The molecule has 0 N–H and O–H groups in total. The number of benzene rings is 1. The van der Waals surface area contributed by atoms with Crippen LogP contribution in [0.3, 0.4) is 0 Å². The van der Waals surface area contributed by atoms with Gasteiger partial charge in [-0.1, -0.05) is 0 Å². The number of fused-ring (bicyclic) bond motifs is 1. The van der Waals surface area contributed by atoms with Gasteiger partial charge in [-0.15, -0.1) is 0 Å². The molecule has 0 radical (unpaired) electrons. The molecule has 0 aliphatic heterocycles. The molecule has 1 heterocycles. The lowest BCUT2D eigenvalue weighted by atomic mass is 10.1. The summed E-state index contributed by atoms with van der Waals surface area (Å²) in [6, 6.07) is 1.89. The molecule has 0 atom stereocenters. The van der Waals surface area contributed by atoms with Crippen molar-refractivity contribution in [3.63, 3.8) is 0 Å². The molecule has 17 heavy (non-hydrogen) atoms. The minimum atomic E-state index is -4.65. The Morgan fingerprint density at radius 1 is 0.882 bits per heavy atom. The Labute approximate surface area is 90.6 Å². The third kappa shape index (κ3) is 2.09. The molecule has 2 aromatic rings. The van der Waals surface area contributed by atoms with Gasteiger partial charge in [-0.25, -0.2) is 0 Å². The van der Waals surface area contributed by atoms with Crippen LogP contribution < -0.4 is 0 Å². The lowest BCUT2D eigenvalue weighted by molar-refractivity contribution is -0.137. The van der Waals surface area contributed by atoms with Crippen LogP contribution in [-0.2, 0) is 12.4 Å². The summed E-state index contributed by atoms with van der Waals surface area (Å²) < 4.78 is 78.6. The normalized spacial score (nSPS) is 13.3. The van der Waals surface area contributed by atoms with Crippen LogP contribution in [0.5, 0.6) is 0 Å². The topological polar surface area (TPSA) is 13.1 Å². The molecule has 1 aromatic heterocycles. The Morgan fingerprint density at radius 2 is 1.53 bits per heavy atom. The van der Waals surface area contributed by atoms with Gasteiger partial charge in [-0.3, -0.25) is 0 Å². The Balaban J connectivity index is 2.61. The van der Waals surface area contributed by atoms with Crippen molar-refractivity contribution in [2.75, 3.05) is 0 Å². The van der Waals surface area contributed by atoms with Crippen molar-refractivity contribution in [2.24, 2.45) is 0 Å². The van der Waals surface area contributed by atoms with Gasteiger partial charge in [0.25, 0.3) is 0 Å². The minimum Gasteiger partial charge on any atom is -0.464 e. The lowest BCUT2D eigenvalue weighted by Gasteiger charge is -2.06. The van der Waals surface area contributed by atoms with Gasteiger partial charge in [0.2, 0.25) is 0 Å². The molecule has 0 spiro atoms. The molecule has 0 aliphatic rings. The molecular weight excluding hydrogens is 250 g/mol. The van der Waals surface area contributed by atoms with E-state index in [1.54, 1.807) is 0 Å². The van der Waals surface area contributed by atoms with E-state index in [1.807, 2.05) is 0 Å². The Bertz CT molecular complexity index is 548. The maximum atomic E-state index is 12.4. The van der Waals surface area contributed by atoms with Crippen LogP contribution >= 0.6 is 0 Å². The zero-order valence-corrected chi connectivity index (χ0v) is 7.99. The zero-order chi connectivity index (χ0) is 12.8. The maximum Gasteiger partial charge on any atom is 0.420 e. The second-order valence-corrected chi connectivity index (χ2v) is 3.36. The largest absolute Gasteiger partial charge is 0.464 e. The molecule has 7 heteroatoms. The highest BCUT2D eigenvalue weighted by Crippen LogP contribution is 2.38. The molecule has 0 aliphatic carbocycles. The van der Waals surface area contributed by atoms with Crippen molar-refractivity contribution in [1.29, 1.82) is 0 Å². The fraction of sp³-hybridized carbons (Fsp3) is 0.200. The van der Waals surface area contributed by atoms with E-state index in [9.17, 15) is 26.3 Å². The predicted octanol–water partition coefficient (Wildman–Crippen LogP) is 4.47. The monoisotopic (exact) mass is 254 g/mol. The molecule has 92 valence electrons. The SMILES string of the molecule is FC(F)(F)c1ccc2c(C(F)(F)F)coc2c1. The molecular formula is C10H4F6O. The van der Waals surface area contributed by atoms with E-state index < -0.39 is 29.1 Å². The summed E-state index contributed by atoms with van der Waals surface area (Å²) in [6.07, 6.45) is -8.85. The highest BCUT2D eigenvalue weighted by Gasteiger charge is 2.36. The van der Waals surface area contributed by atoms with Crippen LogP contribution in [0.1, 0.15) is 11.1 Å². The molecule has 0 saturated heterocycles. The number of halogens is 6. The van der Waals surface area contributed by atoms with Crippen LogP contribution in [0.2, 0.25) is 0 Å². The van der Waals surface area contributed by atoms with E-state index in [4.69, 9.17) is 0 Å². The minimum absolute atomic E-state index is 0.384. The van der Waals surface area contributed by atoms with Crippen LogP contribution in [0.4, 0.5) is 26.3 Å². The van der Waals surface area contributed by atoms with E-state index in [0.717, 1.165) is 6.07 Å². The van der Waals surface area contributed by atoms with Crippen LogP contribution in [0, 0.1) is 0 Å². The molecule has 0 saturated carbocycles. The first-order chi connectivity index (χ1) is 7.69. The van der Waals surface area contributed by atoms with E-state index in [0.29, 0.717) is 18.4 Å². The van der Waals surface area contributed by atoms with E-state index in [-0.39, 0.29) is 5.39 Å². The van der Waals surface area contributed by atoms with Gasteiger partial charge < -0.3 is 4.42 Å². The standard InChI is InChI=1S/C10H4F6O/c11-9(12,13)5-1-2-6-7(10(14,15)16)4-17-8(6)3-5/h1-4H. The van der Waals surface area contributed by atoms with Crippen molar-refractivity contribution in [3.05, 3.63) is 35.6 Å². The third-order valence-corrected chi connectivity index (χ3v) is 2.21. The van der Waals surface area contributed by atoms with Crippen molar-refractivity contribution in [2.45, 2.75) is 12.4 Å². The first kappa shape index (κ1) is 11.8. The summed E-state index contributed by atoms with van der Waals surface area (Å²) in [5.41, 5.74) is -2.57. The van der Waals surface area contributed by atoms with Crippen LogP contribution in [0.15, 0.2) is 28.9 Å². The van der Waals surface area contributed by atoms with E-state index in [2.05, 4.69) is 4.42 Å². The second-order valence-electron chi connectivity index (χ2n) is 3.36. The van der Waals surface area contributed by atoms with Gasteiger partial charge in [0, 0.05) is 5.39 Å². The van der Waals surface area contributed by atoms with Crippen LogP contribution in [0.25, 0.3) is 11.0 Å². The number of alkyl halides is 6. The van der Waals surface area contributed by atoms with Crippen molar-refractivity contribution in [3.8, 4) is 0 Å². The summed E-state index contributed by atoms with van der Waals surface area (Å²) in [6.45, 7) is 0. The summed E-state index contributed by atoms with van der Waals surface area (Å²) in [7, 11) is 0. The highest BCUT2D eigenvalue weighted by molar-refractivity contribution is 5.82. The molecule has 1 nitrogen and oxygen atoms in total. The molecule has 0 unspecified atom stereocenters. The summed E-state index contributed by atoms with van der Waals surface area (Å²) in [5.74, 6) is 0. The average Bonchev–Trinajstić information content (AvgIpc) is 2.57.